The number of hydrazine groups is 1. The average molecular weight is 467 g/mol. The number of anilines is 1. The molecule has 1 aliphatic rings. The topological polar surface area (TPSA) is 165 Å². The Balaban J connectivity index is 1.74. The Morgan fingerprint density at radius 2 is 1.67 bits per heavy atom. The molecule has 0 saturated heterocycles. The van der Waals surface area contributed by atoms with Gasteiger partial charge < -0.3 is 5.32 Å². The Kier molecular flexibility index (Phi) is 5.54. The van der Waals surface area contributed by atoms with Crippen LogP contribution in [0, 0.1) is 10.1 Å². The molecule has 1 aliphatic heterocycles. The molecule has 0 fully saturated rings. The fraction of sp³-hybridized carbons (Fsp3) is 0.0476. The second-order valence-corrected chi connectivity index (χ2v) is 8.63. The van der Waals surface area contributed by atoms with Gasteiger partial charge in [0.25, 0.3) is 17.5 Å². The second-order valence-electron chi connectivity index (χ2n) is 7.10. The number of fused-ring (bicyclic) bond motifs is 1. The van der Waals surface area contributed by atoms with E-state index in [-0.39, 0.29) is 16.8 Å². The van der Waals surface area contributed by atoms with Crippen LogP contribution in [0.1, 0.15) is 32.4 Å². The molecule has 4 rings (SSSR count). The van der Waals surface area contributed by atoms with Gasteiger partial charge in [-0.2, -0.15) is 0 Å². The highest BCUT2D eigenvalue weighted by molar-refractivity contribution is 7.89. The molecule has 12 heteroatoms. The number of nitrogens with two attached hydrogens (primary N) is 1. The van der Waals surface area contributed by atoms with Gasteiger partial charge in [0.05, 0.1) is 20.9 Å². The van der Waals surface area contributed by atoms with Crippen LogP contribution in [0.5, 0.6) is 0 Å². The molecule has 0 radical (unpaired) electrons. The Morgan fingerprint density at radius 1 is 1.03 bits per heavy atom. The lowest BCUT2D eigenvalue weighted by atomic mass is 10.0. The molecule has 168 valence electrons. The van der Waals surface area contributed by atoms with E-state index in [4.69, 9.17) is 5.14 Å². The number of para-hydroxylation sites is 1. The van der Waals surface area contributed by atoms with Crippen molar-refractivity contribution in [2.45, 2.75) is 11.1 Å². The molecule has 1 heterocycles. The van der Waals surface area contributed by atoms with Crippen molar-refractivity contribution in [3.63, 3.8) is 0 Å². The number of carbonyl (C=O) groups is 2. The van der Waals surface area contributed by atoms with E-state index in [2.05, 4.69) is 10.7 Å². The third kappa shape index (κ3) is 4.24. The highest BCUT2D eigenvalue weighted by Crippen LogP contribution is 2.32. The molecule has 0 spiro atoms. The number of benzene rings is 3. The minimum Gasteiger partial charge on any atom is -0.359 e. The van der Waals surface area contributed by atoms with Gasteiger partial charge in [-0.3, -0.25) is 25.1 Å². The Labute approximate surface area is 188 Å². The maximum absolute atomic E-state index is 13.2. The summed E-state index contributed by atoms with van der Waals surface area (Å²) in [6, 6.07) is 17.4. The summed E-state index contributed by atoms with van der Waals surface area (Å²) in [5.74, 6) is -1.43. The van der Waals surface area contributed by atoms with E-state index < -0.39 is 37.8 Å². The van der Waals surface area contributed by atoms with E-state index in [0.717, 1.165) is 5.01 Å². The van der Waals surface area contributed by atoms with Crippen LogP contribution in [0.3, 0.4) is 0 Å². The molecule has 0 saturated carbocycles. The zero-order chi connectivity index (χ0) is 23.8. The number of nitrogens with zero attached hydrogens (tertiary/aromatic N) is 2. The molecule has 0 aliphatic carbocycles. The van der Waals surface area contributed by atoms with Crippen molar-refractivity contribution in [1.82, 2.24) is 10.4 Å². The van der Waals surface area contributed by atoms with Crippen LogP contribution in [0.15, 0.2) is 77.7 Å². The predicted octanol–water partition coefficient (Wildman–Crippen LogP) is 2.15. The lowest BCUT2D eigenvalue weighted by Gasteiger charge is -2.37. The number of nitro benzene ring substituents is 1. The first-order valence-corrected chi connectivity index (χ1v) is 11.1. The van der Waals surface area contributed by atoms with Crippen molar-refractivity contribution in [3.05, 3.63) is 99.6 Å². The smallest absolute Gasteiger partial charge is 0.276 e. The van der Waals surface area contributed by atoms with Gasteiger partial charge in [-0.15, -0.1) is 0 Å². The van der Waals surface area contributed by atoms with E-state index >= 15 is 0 Å². The molecule has 2 amide bonds. The first kappa shape index (κ1) is 21.9. The van der Waals surface area contributed by atoms with Crippen molar-refractivity contribution >= 4 is 33.2 Å². The minimum atomic E-state index is -4.20. The molecule has 0 bridgehead atoms. The van der Waals surface area contributed by atoms with Crippen LogP contribution in [-0.4, -0.2) is 30.2 Å². The monoisotopic (exact) mass is 467 g/mol. The molecular weight excluding hydrogens is 450 g/mol. The minimum absolute atomic E-state index is 0.140. The number of nitrogens with one attached hydrogen (secondary N) is 2. The number of rotatable bonds is 5. The quantitative estimate of drug-likeness (QED) is 0.382. The summed E-state index contributed by atoms with van der Waals surface area (Å²) in [7, 11) is -4.20. The maximum Gasteiger partial charge on any atom is 0.276 e. The van der Waals surface area contributed by atoms with Crippen LogP contribution >= 0.6 is 0 Å². The van der Waals surface area contributed by atoms with Crippen molar-refractivity contribution in [2.75, 3.05) is 5.32 Å². The third-order valence-corrected chi connectivity index (χ3v) is 5.98. The summed E-state index contributed by atoms with van der Waals surface area (Å²) in [5.41, 5.74) is 3.29. The molecule has 11 nitrogen and oxygen atoms in total. The summed E-state index contributed by atoms with van der Waals surface area (Å²) in [6.45, 7) is 0. The first-order chi connectivity index (χ1) is 15.7. The third-order valence-electron chi connectivity index (χ3n) is 5.01. The van der Waals surface area contributed by atoms with E-state index in [1.807, 2.05) is 0 Å². The van der Waals surface area contributed by atoms with E-state index in [0.29, 0.717) is 11.3 Å². The number of amides is 2. The van der Waals surface area contributed by atoms with Gasteiger partial charge in [0.15, 0.2) is 0 Å². The van der Waals surface area contributed by atoms with Crippen molar-refractivity contribution in [3.8, 4) is 0 Å². The van der Waals surface area contributed by atoms with Crippen LogP contribution in [-0.2, 0) is 10.0 Å². The molecule has 1 unspecified atom stereocenters. The van der Waals surface area contributed by atoms with E-state index in [1.54, 1.807) is 24.3 Å². The molecule has 33 heavy (non-hydrogen) atoms. The lowest BCUT2D eigenvalue weighted by Crippen LogP contribution is -2.53. The zero-order valence-electron chi connectivity index (χ0n) is 16.8. The summed E-state index contributed by atoms with van der Waals surface area (Å²) in [4.78, 5) is 36.3. The maximum atomic E-state index is 13.2. The SMILES string of the molecule is NS(=O)(=O)c1ccccc1C(=O)NN1C(=O)c2ccccc2NC1c1ccc([N+](=O)[O-])cc1. The summed E-state index contributed by atoms with van der Waals surface area (Å²) in [6.07, 6.45) is -0.932. The Hall–Kier alpha value is -4.29. The predicted molar refractivity (Wildman–Crippen MR) is 117 cm³/mol. The van der Waals surface area contributed by atoms with Crippen molar-refractivity contribution in [2.24, 2.45) is 5.14 Å². The normalized spacial score (nSPS) is 15.4. The number of hydrogen-bond acceptors (Lipinski definition) is 7. The Bertz CT molecular complexity index is 1370. The number of sulfonamides is 1. The van der Waals surface area contributed by atoms with Crippen LogP contribution in [0.2, 0.25) is 0 Å². The summed E-state index contributed by atoms with van der Waals surface area (Å²) in [5, 5.41) is 20.3. The zero-order valence-corrected chi connectivity index (χ0v) is 17.7. The van der Waals surface area contributed by atoms with Crippen molar-refractivity contribution < 1.29 is 22.9 Å². The molecular formula is C21H17N5O6S. The standard InChI is InChI=1S/C21H17N5O6S/c22-33(31,32)18-8-4-2-6-16(18)20(27)24-25-19(13-9-11-14(12-10-13)26(29)30)23-17-7-3-1-5-15(17)21(25)28/h1-12,19,23H,(H,24,27)(H2,22,31,32). The first-order valence-electron chi connectivity index (χ1n) is 9.53. The average Bonchev–Trinajstić information content (AvgIpc) is 2.80. The highest BCUT2D eigenvalue weighted by Gasteiger charge is 2.35. The van der Waals surface area contributed by atoms with Crippen LogP contribution in [0.4, 0.5) is 11.4 Å². The number of hydrogen-bond donors (Lipinski definition) is 3. The number of nitro groups is 1. The van der Waals surface area contributed by atoms with Gasteiger partial charge >= 0.3 is 0 Å². The summed E-state index contributed by atoms with van der Waals surface area (Å²) >= 11 is 0. The Morgan fingerprint density at radius 3 is 2.33 bits per heavy atom. The van der Waals surface area contributed by atoms with Gasteiger partial charge in [0, 0.05) is 17.8 Å². The van der Waals surface area contributed by atoms with E-state index in [1.165, 1.54) is 48.5 Å². The number of non-ortho nitro benzene ring substituents is 1. The molecule has 4 N–H and O–H groups in total. The van der Waals surface area contributed by atoms with Crippen LogP contribution in [0.25, 0.3) is 0 Å². The molecule has 3 aromatic carbocycles. The largest absolute Gasteiger partial charge is 0.359 e. The highest BCUT2D eigenvalue weighted by atomic mass is 32.2. The van der Waals surface area contributed by atoms with Crippen LogP contribution < -0.4 is 15.9 Å². The van der Waals surface area contributed by atoms with Gasteiger partial charge in [-0.25, -0.2) is 18.6 Å². The second kappa shape index (κ2) is 8.33. The molecule has 1 atom stereocenters. The van der Waals surface area contributed by atoms with Gasteiger partial charge in [-0.05, 0) is 42.0 Å². The molecule has 0 aromatic heterocycles. The summed E-state index contributed by atoms with van der Waals surface area (Å²) < 4.78 is 23.8. The van der Waals surface area contributed by atoms with E-state index in [9.17, 15) is 28.1 Å². The van der Waals surface area contributed by atoms with Gasteiger partial charge in [0.1, 0.15) is 6.17 Å². The lowest BCUT2D eigenvalue weighted by molar-refractivity contribution is -0.384. The fourth-order valence-electron chi connectivity index (χ4n) is 3.45. The van der Waals surface area contributed by atoms with Gasteiger partial charge in [0.2, 0.25) is 10.0 Å². The van der Waals surface area contributed by atoms with Gasteiger partial charge in [-0.1, -0.05) is 24.3 Å². The van der Waals surface area contributed by atoms with Crippen molar-refractivity contribution in [1.29, 1.82) is 0 Å². The number of primary sulfonamides is 1. The molecule has 3 aromatic rings. The fourth-order valence-corrected chi connectivity index (χ4v) is 4.19. The number of carbonyl (C=O) groups excluding carboxylic acids is 2.